The Kier molecular flexibility index (Phi) is 3.26. The summed E-state index contributed by atoms with van der Waals surface area (Å²) in [6, 6.07) is 0. The van der Waals surface area contributed by atoms with Crippen molar-refractivity contribution in [1.82, 2.24) is 4.90 Å². The van der Waals surface area contributed by atoms with Crippen LogP contribution in [0.3, 0.4) is 0 Å². The van der Waals surface area contributed by atoms with Crippen LogP contribution in [0.15, 0.2) is 0 Å². The maximum absolute atomic E-state index is 5.87. The van der Waals surface area contributed by atoms with Crippen molar-refractivity contribution in [1.29, 1.82) is 0 Å². The molecule has 0 atom stereocenters. The first-order valence-corrected chi connectivity index (χ1v) is 4.77. The summed E-state index contributed by atoms with van der Waals surface area (Å²) in [6.45, 7) is 1.85. The smallest absolute Gasteiger partial charge is 0.261 e. The third-order valence-electron chi connectivity index (χ3n) is 2.81. The molecular formula is C8H16BClN. The maximum atomic E-state index is 5.87. The van der Waals surface area contributed by atoms with Gasteiger partial charge in [0.05, 0.1) is 0 Å². The lowest BCUT2D eigenvalue weighted by atomic mass is 9.65. The molecule has 1 aliphatic rings. The zero-order chi connectivity index (χ0) is 8.32. The predicted octanol–water partition coefficient (Wildman–Crippen LogP) is 2.07. The van der Waals surface area contributed by atoms with Crippen LogP contribution in [0, 0.1) is 0 Å². The molecule has 0 amide bonds. The summed E-state index contributed by atoms with van der Waals surface area (Å²) in [5.41, 5.74) is 0.194. The molecule has 63 valence electrons. The van der Waals surface area contributed by atoms with E-state index < -0.39 is 0 Å². The topological polar surface area (TPSA) is 3.24 Å². The highest BCUT2D eigenvalue weighted by atomic mass is 35.5. The van der Waals surface area contributed by atoms with E-state index in [2.05, 4.69) is 19.0 Å². The summed E-state index contributed by atoms with van der Waals surface area (Å²) in [4.78, 5) is 2.25. The zero-order valence-corrected chi connectivity index (χ0v) is 8.19. The molecule has 1 radical (unpaired) electrons. The first-order valence-electron chi connectivity index (χ1n) is 4.33. The molecule has 1 rings (SSSR count). The van der Waals surface area contributed by atoms with Crippen molar-refractivity contribution in [2.75, 3.05) is 14.1 Å². The number of halogens is 1. The Morgan fingerprint density at radius 1 is 1.18 bits per heavy atom. The average molecular weight is 172 g/mol. The van der Waals surface area contributed by atoms with E-state index in [-0.39, 0.29) is 5.44 Å². The van der Waals surface area contributed by atoms with Crippen LogP contribution in [0.25, 0.3) is 0 Å². The Bertz CT molecular complexity index is 121. The molecule has 0 aromatic rings. The largest absolute Gasteiger partial charge is 0.310 e. The van der Waals surface area contributed by atoms with Crippen molar-refractivity contribution in [2.24, 2.45) is 0 Å². The van der Waals surface area contributed by atoms with Gasteiger partial charge in [-0.3, -0.25) is 0 Å². The van der Waals surface area contributed by atoms with Crippen LogP contribution in [0.4, 0.5) is 0 Å². The first kappa shape index (κ1) is 9.40. The second-order valence-electron chi connectivity index (χ2n) is 3.67. The maximum Gasteiger partial charge on any atom is 0.261 e. The van der Waals surface area contributed by atoms with E-state index in [1.807, 2.05) is 6.69 Å². The Morgan fingerprint density at radius 3 is 2.00 bits per heavy atom. The minimum absolute atomic E-state index is 0.194. The van der Waals surface area contributed by atoms with Gasteiger partial charge in [-0.1, -0.05) is 19.3 Å². The first-order chi connectivity index (χ1) is 5.21. The van der Waals surface area contributed by atoms with Crippen molar-refractivity contribution < 1.29 is 0 Å². The van der Waals surface area contributed by atoms with Gasteiger partial charge >= 0.3 is 0 Å². The molecule has 0 spiro atoms. The van der Waals surface area contributed by atoms with Crippen molar-refractivity contribution in [3.8, 4) is 0 Å². The summed E-state index contributed by atoms with van der Waals surface area (Å²) < 4.78 is 0. The fourth-order valence-corrected chi connectivity index (χ4v) is 2.23. The number of hydrogen-bond acceptors (Lipinski definition) is 1. The van der Waals surface area contributed by atoms with Crippen LogP contribution in [-0.2, 0) is 0 Å². The number of rotatable bonds is 2. The third-order valence-corrected chi connectivity index (χ3v) is 3.22. The molecule has 0 aromatic heterocycles. The predicted molar refractivity (Wildman–Crippen MR) is 51.1 cm³/mol. The van der Waals surface area contributed by atoms with Crippen LogP contribution in [0.5, 0.6) is 0 Å². The fraction of sp³-hybridized carbons (Fsp3) is 1.00. The van der Waals surface area contributed by atoms with Crippen LogP contribution < -0.4 is 0 Å². The van der Waals surface area contributed by atoms with Gasteiger partial charge in [-0.2, -0.15) is 0 Å². The minimum Gasteiger partial charge on any atom is -0.310 e. The monoisotopic (exact) mass is 172 g/mol. The van der Waals surface area contributed by atoms with Crippen LogP contribution >= 0.6 is 11.5 Å². The molecule has 1 aliphatic carbocycles. The molecule has 0 bridgehead atoms. The Labute approximate surface area is 75.3 Å². The average Bonchev–Trinajstić information content (AvgIpc) is 2.05. The number of hydrogen-bond donors (Lipinski definition) is 0. The van der Waals surface area contributed by atoms with Gasteiger partial charge in [-0.25, -0.2) is 11.5 Å². The minimum atomic E-state index is 0.194. The van der Waals surface area contributed by atoms with Gasteiger partial charge in [-0.05, 0) is 26.9 Å². The molecule has 0 aliphatic heterocycles. The zero-order valence-electron chi connectivity index (χ0n) is 7.44. The van der Waals surface area contributed by atoms with E-state index in [9.17, 15) is 0 Å². The van der Waals surface area contributed by atoms with E-state index in [4.69, 9.17) is 11.5 Å². The molecule has 3 heteroatoms. The standard InChI is InChI=1S/C8H16BClN/c1-11(2)8(9-10)6-4-3-5-7-8/h3-7H2,1-2H3. The molecule has 1 fully saturated rings. The highest BCUT2D eigenvalue weighted by Gasteiger charge is 2.33. The van der Waals surface area contributed by atoms with Crippen molar-refractivity contribution in [3.05, 3.63) is 0 Å². The van der Waals surface area contributed by atoms with E-state index in [1.54, 1.807) is 0 Å². The summed E-state index contributed by atoms with van der Waals surface area (Å²) >= 11 is 5.87. The quantitative estimate of drug-likeness (QED) is 0.577. The van der Waals surface area contributed by atoms with Crippen molar-refractivity contribution >= 4 is 18.2 Å². The second-order valence-corrected chi connectivity index (χ2v) is 3.89. The van der Waals surface area contributed by atoms with Crippen molar-refractivity contribution in [3.63, 3.8) is 0 Å². The molecule has 0 N–H and O–H groups in total. The van der Waals surface area contributed by atoms with E-state index in [1.165, 1.54) is 32.1 Å². The summed E-state index contributed by atoms with van der Waals surface area (Å²) in [6.07, 6.45) is 6.47. The third kappa shape index (κ3) is 1.91. The van der Waals surface area contributed by atoms with Gasteiger partial charge in [0.25, 0.3) is 6.69 Å². The molecule has 0 aromatic carbocycles. The Balaban J connectivity index is 2.57. The lowest BCUT2D eigenvalue weighted by molar-refractivity contribution is 0.184. The lowest BCUT2D eigenvalue weighted by Gasteiger charge is -2.41. The lowest BCUT2D eigenvalue weighted by Crippen LogP contribution is -2.49. The molecule has 0 saturated heterocycles. The fourth-order valence-electron chi connectivity index (χ4n) is 1.82. The Hall–Kier alpha value is 0.315. The molecule has 0 unspecified atom stereocenters. The van der Waals surface area contributed by atoms with Crippen LogP contribution in [-0.4, -0.2) is 31.1 Å². The van der Waals surface area contributed by atoms with Gasteiger partial charge < -0.3 is 4.90 Å². The summed E-state index contributed by atoms with van der Waals surface area (Å²) in [5.74, 6) is 0. The molecular weight excluding hydrogens is 156 g/mol. The van der Waals surface area contributed by atoms with Crippen molar-refractivity contribution in [2.45, 2.75) is 37.5 Å². The summed E-state index contributed by atoms with van der Waals surface area (Å²) in [7, 11) is 4.23. The van der Waals surface area contributed by atoms with Gasteiger partial charge in [0, 0.05) is 5.44 Å². The second kappa shape index (κ2) is 3.82. The van der Waals surface area contributed by atoms with Crippen LogP contribution in [0.1, 0.15) is 32.1 Å². The molecule has 1 nitrogen and oxygen atoms in total. The highest BCUT2D eigenvalue weighted by molar-refractivity contribution is 6.95. The Morgan fingerprint density at radius 2 is 1.73 bits per heavy atom. The van der Waals surface area contributed by atoms with E-state index >= 15 is 0 Å². The molecule has 11 heavy (non-hydrogen) atoms. The molecule has 0 heterocycles. The highest BCUT2D eigenvalue weighted by Crippen LogP contribution is 2.31. The van der Waals surface area contributed by atoms with Crippen LogP contribution in [0.2, 0.25) is 0 Å². The van der Waals surface area contributed by atoms with E-state index in [0.29, 0.717) is 0 Å². The normalized spacial score (nSPS) is 23.6. The van der Waals surface area contributed by atoms with E-state index in [0.717, 1.165) is 0 Å². The summed E-state index contributed by atoms with van der Waals surface area (Å²) in [5, 5.41) is 0. The SMILES string of the molecule is CN(C)C1([B]Cl)CCCCC1. The van der Waals surface area contributed by atoms with Gasteiger partial charge in [-0.15, -0.1) is 0 Å². The van der Waals surface area contributed by atoms with Gasteiger partial charge in [0.1, 0.15) is 0 Å². The van der Waals surface area contributed by atoms with Gasteiger partial charge in [0.15, 0.2) is 0 Å². The molecule has 1 saturated carbocycles. The van der Waals surface area contributed by atoms with Gasteiger partial charge in [0.2, 0.25) is 0 Å². The number of nitrogens with zero attached hydrogens (tertiary/aromatic N) is 1.